The van der Waals surface area contributed by atoms with Gasteiger partial charge in [-0.25, -0.2) is 4.68 Å². The number of carbonyl (C=O) groups is 1. The minimum atomic E-state index is -0.175. The van der Waals surface area contributed by atoms with Crippen LogP contribution in [-0.2, 0) is 0 Å². The van der Waals surface area contributed by atoms with Crippen molar-refractivity contribution in [2.75, 3.05) is 5.32 Å². The van der Waals surface area contributed by atoms with Crippen molar-refractivity contribution < 1.29 is 9.21 Å². The number of hydrogen-bond donors (Lipinski definition) is 1. The van der Waals surface area contributed by atoms with E-state index in [1.165, 1.54) is 0 Å². The van der Waals surface area contributed by atoms with Crippen molar-refractivity contribution in [2.24, 2.45) is 0 Å². The van der Waals surface area contributed by atoms with Crippen LogP contribution in [-0.4, -0.2) is 26.1 Å². The molecule has 1 saturated carbocycles. The highest BCUT2D eigenvalue weighted by Gasteiger charge is 2.28. The van der Waals surface area contributed by atoms with Crippen LogP contribution in [0.15, 0.2) is 28.7 Å². The lowest BCUT2D eigenvalue weighted by Crippen LogP contribution is -2.13. The molecule has 4 rings (SSSR count). The summed E-state index contributed by atoms with van der Waals surface area (Å²) in [6.45, 7) is 5.55. The lowest BCUT2D eigenvalue weighted by atomic mass is 10.1. The van der Waals surface area contributed by atoms with Gasteiger partial charge >= 0.3 is 0 Å². The van der Waals surface area contributed by atoms with Gasteiger partial charge in [0.05, 0.1) is 11.6 Å². The molecule has 3 aromatic rings. The summed E-state index contributed by atoms with van der Waals surface area (Å²) in [6.07, 6.45) is 2.21. The molecule has 128 valence electrons. The molecule has 7 heteroatoms. The van der Waals surface area contributed by atoms with E-state index in [9.17, 15) is 4.79 Å². The Kier molecular flexibility index (Phi) is 3.63. The van der Waals surface area contributed by atoms with Crippen LogP contribution in [0, 0.1) is 20.8 Å². The van der Waals surface area contributed by atoms with Gasteiger partial charge in [-0.05, 0) is 56.2 Å². The Balaban J connectivity index is 1.61. The van der Waals surface area contributed by atoms with E-state index in [0.717, 1.165) is 35.6 Å². The van der Waals surface area contributed by atoms with Gasteiger partial charge < -0.3 is 9.73 Å². The molecule has 1 aliphatic rings. The third-order valence-corrected chi connectivity index (χ3v) is 4.55. The molecular formula is C18H19N5O2. The number of benzene rings is 1. The third kappa shape index (κ3) is 2.82. The lowest BCUT2D eigenvalue weighted by molar-refractivity contribution is 0.102. The van der Waals surface area contributed by atoms with Crippen molar-refractivity contribution >= 4 is 11.6 Å². The van der Waals surface area contributed by atoms with Gasteiger partial charge in [-0.15, -0.1) is 5.10 Å². The molecule has 0 saturated heterocycles. The number of aromatic nitrogens is 4. The Hall–Kier alpha value is -2.96. The zero-order valence-electron chi connectivity index (χ0n) is 14.4. The van der Waals surface area contributed by atoms with E-state index < -0.39 is 0 Å². The summed E-state index contributed by atoms with van der Waals surface area (Å²) in [5.41, 5.74) is 3.03. The number of hydrogen-bond acceptors (Lipinski definition) is 5. The molecular weight excluding hydrogens is 318 g/mol. The smallest absolute Gasteiger partial charge is 0.259 e. The Morgan fingerprint density at radius 3 is 2.72 bits per heavy atom. The molecule has 1 N–H and O–H groups in total. The van der Waals surface area contributed by atoms with E-state index in [2.05, 4.69) is 20.8 Å². The lowest BCUT2D eigenvalue weighted by Gasteiger charge is -2.08. The van der Waals surface area contributed by atoms with Crippen molar-refractivity contribution in [1.29, 1.82) is 0 Å². The molecule has 0 spiro atoms. The molecule has 25 heavy (non-hydrogen) atoms. The van der Waals surface area contributed by atoms with Gasteiger partial charge in [0.2, 0.25) is 0 Å². The maximum absolute atomic E-state index is 12.6. The average Bonchev–Trinajstić information content (AvgIpc) is 3.24. The summed E-state index contributed by atoms with van der Waals surface area (Å²) in [5.74, 6) is 1.94. The van der Waals surface area contributed by atoms with Crippen LogP contribution in [0.5, 0.6) is 0 Å². The number of aryl methyl sites for hydroxylation is 2. The molecule has 1 aliphatic carbocycles. The number of nitrogens with zero attached hydrogens (tertiary/aromatic N) is 4. The topological polar surface area (TPSA) is 85.8 Å². The number of nitrogens with one attached hydrogen (secondary N) is 1. The van der Waals surface area contributed by atoms with Gasteiger partial charge in [0.15, 0.2) is 5.82 Å². The molecule has 2 aromatic heterocycles. The van der Waals surface area contributed by atoms with Gasteiger partial charge in [0, 0.05) is 16.8 Å². The Bertz CT molecular complexity index is 952. The van der Waals surface area contributed by atoms with E-state index in [-0.39, 0.29) is 5.91 Å². The molecule has 0 bridgehead atoms. The highest BCUT2D eigenvalue weighted by molar-refractivity contribution is 6.06. The minimum absolute atomic E-state index is 0.175. The van der Waals surface area contributed by atoms with Gasteiger partial charge in [-0.3, -0.25) is 4.79 Å². The van der Waals surface area contributed by atoms with E-state index in [1.54, 1.807) is 6.92 Å². The predicted octanol–water partition coefficient (Wildman–Crippen LogP) is 3.45. The monoisotopic (exact) mass is 337 g/mol. The van der Waals surface area contributed by atoms with Crippen molar-refractivity contribution in [3.05, 3.63) is 46.9 Å². The van der Waals surface area contributed by atoms with Crippen LogP contribution in [0.1, 0.15) is 46.3 Å². The second-order valence-electron chi connectivity index (χ2n) is 6.43. The first kappa shape index (κ1) is 15.6. The number of furan rings is 1. The van der Waals surface area contributed by atoms with Gasteiger partial charge in [-0.1, -0.05) is 12.1 Å². The first-order valence-electron chi connectivity index (χ1n) is 8.31. The Morgan fingerprint density at radius 2 is 2.04 bits per heavy atom. The van der Waals surface area contributed by atoms with Crippen molar-refractivity contribution in [3.8, 4) is 11.4 Å². The zero-order chi connectivity index (χ0) is 17.6. The quantitative estimate of drug-likeness (QED) is 0.788. The van der Waals surface area contributed by atoms with Crippen LogP contribution >= 0.6 is 0 Å². The van der Waals surface area contributed by atoms with Gasteiger partial charge in [0.1, 0.15) is 11.5 Å². The van der Waals surface area contributed by atoms with E-state index in [1.807, 2.05) is 42.8 Å². The SMILES string of the molecule is Cc1oc(C)c(C(=O)Nc2cccc(-c3nnnn3C3CC3)c2)c1C. The second kappa shape index (κ2) is 5.84. The van der Waals surface area contributed by atoms with Crippen LogP contribution in [0.2, 0.25) is 0 Å². The average molecular weight is 337 g/mol. The van der Waals surface area contributed by atoms with Crippen LogP contribution in [0.4, 0.5) is 5.69 Å². The van der Waals surface area contributed by atoms with E-state index >= 15 is 0 Å². The van der Waals surface area contributed by atoms with E-state index in [0.29, 0.717) is 23.1 Å². The molecule has 0 atom stereocenters. The predicted molar refractivity (Wildman–Crippen MR) is 92.4 cm³/mol. The van der Waals surface area contributed by atoms with Crippen LogP contribution in [0.25, 0.3) is 11.4 Å². The molecule has 0 aliphatic heterocycles. The molecule has 0 unspecified atom stereocenters. The standard InChI is InChI=1S/C18H19N5O2/c1-10-11(2)25-12(3)16(10)18(24)19-14-6-4-5-13(9-14)17-20-21-22-23(17)15-7-8-15/h4-6,9,15H,7-8H2,1-3H3,(H,19,24). The van der Waals surface area contributed by atoms with Crippen molar-refractivity contribution in [3.63, 3.8) is 0 Å². The fraction of sp³-hybridized carbons (Fsp3) is 0.333. The molecule has 1 amide bonds. The molecule has 1 aromatic carbocycles. The van der Waals surface area contributed by atoms with Gasteiger partial charge in [-0.2, -0.15) is 0 Å². The van der Waals surface area contributed by atoms with Crippen molar-refractivity contribution in [1.82, 2.24) is 20.2 Å². The van der Waals surface area contributed by atoms with Crippen LogP contribution < -0.4 is 5.32 Å². The van der Waals surface area contributed by atoms with Crippen molar-refractivity contribution in [2.45, 2.75) is 39.7 Å². The zero-order valence-corrected chi connectivity index (χ0v) is 14.4. The second-order valence-corrected chi connectivity index (χ2v) is 6.43. The molecule has 2 heterocycles. The molecule has 1 fully saturated rings. The summed E-state index contributed by atoms with van der Waals surface area (Å²) in [7, 11) is 0. The number of anilines is 1. The van der Waals surface area contributed by atoms with Gasteiger partial charge in [0.25, 0.3) is 5.91 Å². The fourth-order valence-corrected chi connectivity index (χ4v) is 3.01. The number of carbonyl (C=O) groups excluding carboxylic acids is 1. The summed E-state index contributed by atoms with van der Waals surface area (Å²) in [5, 5.41) is 14.9. The minimum Gasteiger partial charge on any atom is -0.466 e. The molecule has 7 nitrogen and oxygen atoms in total. The van der Waals surface area contributed by atoms with Crippen LogP contribution in [0.3, 0.4) is 0 Å². The first-order chi connectivity index (χ1) is 12.0. The first-order valence-corrected chi connectivity index (χ1v) is 8.31. The summed E-state index contributed by atoms with van der Waals surface area (Å²) >= 11 is 0. The number of tetrazole rings is 1. The molecule has 0 radical (unpaired) electrons. The highest BCUT2D eigenvalue weighted by Crippen LogP contribution is 2.36. The maximum atomic E-state index is 12.6. The van der Waals surface area contributed by atoms with E-state index in [4.69, 9.17) is 4.42 Å². The highest BCUT2D eigenvalue weighted by atomic mass is 16.3. The largest absolute Gasteiger partial charge is 0.466 e. The Morgan fingerprint density at radius 1 is 1.24 bits per heavy atom. The fourth-order valence-electron chi connectivity index (χ4n) is 3.01. The summed E-state index contributed by atoms with van der Waals surface area (Å²) in [4.78, 5) is 12.6. The number of amides is 1. The maximum Gasteiger partial charge on any atom is 0.259 e. The Labute approximate surface area is 145 Å². The summed E-state index contributed by atoms with van der Waals surface area (Å²) < 4.78 is 7.40. The normalized spacial score (nSPS) is 13.9. The third-order valence-electron chi connectivity index (χ3n) is 4.55. The summed E-state index contributed by atoms with van der Waals surface area (Å²) in [6, 6.07) is 7.96. The number of rotatable bonds is 4.